The van der Waals surface area contributed by atoms with Crippen molar-refractivity contribution in [2.24, 2.45) is 0 Å². The van der Waals surface area contributed by atoms with Gasteiger partial charge in [-0.2, -0.15) is 0 Å². The van der Waals surface area contributed by atoms with Gasteiger partial charge in [0.05, 0.1) is 13.1 Å². The molecule has 0 saturated heterocycles. The summed E-state index contributed by atoms with van der Waals surface area (Å²) in [5.41, 5.74) is 0. The number of nitrogens with one attached hydrogen (secondary N) is 1. The molecule has 5 heteroatoms. The summed E-state index contributed by atoms with van der Waals surface area (Å²) in [5.74, 6) is 0.0822. The molecule has 0 aromatic rings. The molecule has 0 aromatic carbocycles. The zero-order valence-electron chi connectivity index (χ0n) is 10.3. The minimum absolute atomic E-state index is 0.0118. The van der Waals surface area contributed by atoms with Gasteiger partial charge in [-0.3, -0.25) is 14.9 Å². The van der Waals surface area contributed by atoms with E-state index in [9.17, 15) is 9.59 Å². The lowest BCUT2D eigenvalue weighted by atomic mass is 10.4. The molecular formula is C11H21N3O2. The molecule has 0 bridgehead atoms. The van der Waals surface area contributed by atoms with Crippen LogP contribution in [-0.2, 0) is 9.59 Å². The van der Waals surface area contributed by atoms with Crippen LogP contribution in [0.3, 0.4) is 0 Å². The fourth-order valence-electron chi connectivity index (χ4n) is 1.56. The maximum absolute atomic E-state index is 11.7. The normalized spacial score (nSPS) is 14.7. The van der Waals surface area contributed by atoms with Crippen LogP contribution in [0.5, 0.6) is 0 Å². The van der Waals surface area contributed by atoms with Crippen LogP contribution in [0.2, 0.25) is 0 Å². The summed E-state index contributed by atoms with van der Waals surface area (Å²) in [6.45, 7) is 3.22. The molecule has 0 aliphatic heterocycles. The Morgan fingerprint density at radius 3 is 2.19 bits per heavy atom. The van der Waals surface area contributed by atoms with Gasteiger partial charge >= 0.3 is 0 Å². The SMILES string of the molecule is CCN(C(=O)CNCC(=O)N(C)C)C1CC1. The highest BCUT2D eigenvalue weighted by molar-refractivity contribution is 5.81. The first-order valence-electron chi connectivity index (χ1n) is 5.76. The van der Waals surface area contributed by atoms with Gasteiger partial charge in [0.25, 0.3) is 0 Å². The molecule has 1 aliphatic rings. The van der Waals surface area contributed by atoms with Crippen LogP contribution in [0.1, 0.15) is 19.8 Å². The Morgan fingerprint density at radius 2 is 1.75 bits per heavy atom. The number of nitrogens with zero attached hydrogens (tertiary/aromatic N) is 2. The number of carbonyl (C=O) groups is 2. The molecule has 0 heterocycles. The van der Waals surface area contributed by atoms with E-state index in [4.69, 9.17) is 0 Å². The van der Waals surface area contributed by atoms with Gasteiger partial charge in [0.2, 0.25) is 11.8 Å². The molecule has 1 aliphatic carbocycles. The van der Waals surface area contributed by atoms with E-state index in [-0.39, 0.29) is 24.9 Å². The van der Waals surface area contributed by atoms with Crippen molar-refractivity contribution in [3.63, 3.8) is 0 Å². The summed E-state index contributed by atoms with van der Waals surface area (Å²) in [6.07, 6.45) is 2.24. The Morgan fingerprint density at radius 1 is 1.19 bits per heavy atom. The first kappa shape index (κ1) is 13.0. The van der Waals surface area contributed by atoms with Crippen LogP contribution in [-0.4, -0.2) is 61.4 Å². The maximum atomic E-state index is 11.7. The van der Waals surface area contributed by atoms with Gasteiger partial charge in [0.15, 0.2) is 0 Å². The number of hydrogen-bond acceptors (Lipinski definition) is 3. The van der Waals surface area contributed by atoms with Crippen molar-refractivity contribution in [1.29, 1.82) is 0 Å². The minimum Gasteiger partial charge on any atom is -0.348 e. The quantitative estimate of drug-likeness (QED) is 0.676. The first-order chi connectivity index (χ1) is 7.56. The smallest absolute Gasteiger partial charge is 0.236 e. The van der Waals surface area contributed by atoms with E-state index in [1.165, 1.54) is 4.90 Å². The van der Waals surface area contributed by atoms with E-state index >= 15 is 0 Å². The van der Waals surface area contributed by atoms with Gasteiger partial charge < -0.3 is 9.80 Å². The van der Waals surface area contributed by atoms with E-state index in [1.54, 1.807) is 14.1 Å². The van der Waals surface area contributed by atoms with Crippen LogP contribution >= 0.6 is 0 Å². The number of likely N-dealkylation sites (N-methyl/N-ethyl adjacent to an activating group) is 2. The van der Waals surface area contributed by atoms with Crippen molar-refractivity contribution in [1.82, 2.24) is 15.1 Å². The number of rotatable bonds is 6. The largest absolute Gasteiger partial charge is 0.348 e. The van der Waals surface area contributed by atoms with E-state index in [0.717, 1.165) is 19.4 Å². The van der Waals surface area contributed by atoms with E-state index in [2.05, 4.69) is 5.32 Å². The monoisotopic (exact) mass is 227 g/mol. The zero-order chi connectivity index (χ0) is 12.1. The lowest BCUT2D eigenvalue weighted by molar-refractivity contribution is -0.131. The van der Waals surface area contributed by atoms with Crippen LogP contribution < -0.4 is 5.32 Å². The van der Waals surface area contributed by atoms with Gasteiger partial charge in [0, 0.05) is 26.7 Å². The third-order valence-corrected chi connectivity index (χ3v) is 2.70. The van der Waals surface area contributed by atoms with Crippen molar-refractivity contribution in [2.75, 3.05) is 33.7 Å². The van der Waals surface area contributed by atoms with Crippen LogP contribution in [0.4, 0.5) is 0 Å². The Balaban J connectivity index is 2.21. The summed E-state index contributed by atoms with van der Waals surface area (Å²) in [7, 11) is 3.41. The third-order valence-electron chi connectivity index (χ3n) is 2.70. The molecule has 1 saturated carbocycles. The average Bonchev–Trinajstić information content (AvgIpc) is 3.02. The Kier molecular flexibility index (Phi) is 4.73. The molecule has 0 unspecified atom stereocenters. The molecular weight excluding hydrogens is 206 g/mol. The molecule has 0 spiro atoms. The topological polar surface area (TPSA) is 52.7 Å². The molecule has 5 nitrogen and oxygen atoms in total. The fraction of sp³-hybridized carbons (Fsp3) is 0.818. The van der Waals surface area contributed by atoms with Crippen molar-refractivity contribution in [3.05, 3.63) is 0 Å². The van der Waals surface area contributed by atoms with Gasteiger partial charge in [-0.15, -0.1) is 0 Å². The van der Waals surface area contributed by atoms with Crippen molar-refractivity contribution < 1.29 is 9.59 Å². The van der Waals surface area contributed by atoms with Gasteiger partial charge in [-0.05, 0) is 19.8 Å². The molecule has 92 valence electrons. The molecule has 0 atom stereocenters. The van der Waals surface area contributed by atoms with E-state index in [0.29, 0.717) is 6.04 Å². The summed E-state index contributed by atoms with van der Waals surface area (Å²) in [5, 5.41) is 2.88. The van der Waals surface area contributed by atoms with Crippen molar-refractivity contribution in [2.45, 2.75) is 25.8 Å². The van der Waals surface area contributed by atoms with E-state index in [1.807, 2.05) is 11.8 Å². The molecule has 1 fully saturated rings. The van der Waals surface area contributed by atoms with Gasteiger partial charge in [0.1, 0.15) is 0 Å². The lowest BCUT2D eigenvalue weighted by Crippen LogP contribution is -2.42. The zero-order valence-corrected chi connectivity index (χ0v) is 10.3. The van der Waals surface area contributed by atoms with Crippen LogP contribution in [0, 0.1) is 0 Å². The number of hydrogen-bond donors (Lipinski definition) is 1. The highest BCUT2D eigenvalue weighted by atomic mass is 16.2. The van der Waals surface area contributed by atoms with Gasteiger partial charge in [-0.25, -0.2) is 0 Å². The van der Waals surface area contributed by atoms with Crippen molar-refractivity contribution >= 4 is 11.8 Å². The van der Waals surface area contributed by atoms with Crippen LogP contribution in [0.15, 0.2) is 0 Å². The van der Waals surface area contributed by atoms with Gasteiger partial charge in [-0.1, -0.05) is 0 Å². The number of carbonyl (C=O) groups excluding carboxylic acids is 2. The Labute approximate surface area is 96.8 Å². The molecule has 1 rings (SSSR count). The molecule has 1 N–H and O–H groups in total. The summed E-state index contributed by atoms with van der Waals surface area (Å²) in [6, 6.07) is 0.448. The number of amides is 2. The highest BCUT2D eigenvalue weighted by Crippen LogP contribution is 2.26. The minimum atomic E-state index is -0.0118. The Bertz CT molecular complexity index is 262. The highest BCUT2D eigenvalue weighted by Gasteiger charge is 2.30. The molecule has 0 radical (unpaired) electrons. The second kappa shape index (κ2) is 5.84. The first-order valence-corrected chi connectivity index (χ1v) is 5.76. The van der Waals surface area contributed by atoms with Crippen LogP contribution in [0.25, 0.3) is 0 Å². The van der Waals surface area contributed by atoms with Crippen molar-refractivity contribution in [3.8, 4) is 0 Å². The molecule has 2 amide bonds. The predicted octanol–water partition coefficient (Wildman–Crippen LogP) is -0.325. The second-order valence-electron chi connectivity index (χ2n) is 4.30. The second-order valence-corrected chi connectivity index (χ2v) is 4.30. The molecule has 16 heavy (non-hydrogen) atoms. The fourth-order valence-corrected chi connectivity index (χ4v) is 1.56. The lowest BCUT2D eigenvalue weighted by Gasteiger charge is -2.20. The summed E-state index contributed by atoms with van der Waals surface area (Å²) >= 11 is 0. The van der Waals surface area contributed by atoms with E-state index < -0.39 is 0 Å². The standard InChI is InChI=1S/C11H21N3O2/c1-4-14(9-5-6-9)11(16)8-12-7-10(15)13(2)3/h9,12H,4-8H2,1-3H3. The Hall–Kier alpha value is -1.10. The summed E-state index contributed by atoms with van der Waals surface area (Å²) in [4.78, 5) is 26.4. The average molecular weight is 227 g/mol. The summed E-state index contributed by atoms with van der Waals surface area (Å²) < 4.78 is 0. The molecule has 0 aromatic heterocycles. The maximum Gasteiger partial charge on any atom is 0.236 e. The third kappa shape index (κ3) is 3.81. The predicted molar refractivity (Wildman–Crippen MR) is 62.0 cm³/mol.